The Hall–Kier alpha value is -2.58. The minimum atomic E-state index is -1.31. The van der Waals surface area contributed by atoms with Crippen LogP contribution in [0.25, 0.3) is 0 Å². The Balaban J connectivity index is 2.18. The van der Waals surface area contributed by atoms with E-state index in [1.54, 1.807) is 18.2 Å². The zero-order valence-electron chi connectivity index (χ0n) is 10.9. The number of Topliss-reactive ketones (excluding diaryl/α,β-unsaturated/α-hetero) is 1. The molecule has 1 aliphatic heterocycles. The quantitative estimate of drug-likeness (QED) is 0.299. The molecule has 0 aromatic rings. The van der Waals surface area contributed by atoms with Crippen LogP contribution in [0.5, 0.6) is 0 Å². The second kappa shape index (κ2) is 4.76. The number of ketones is 1. The number of fused-ring (bicyclic) bond motifs is 2. The Morgan fingerprint density at radius 1 is 1.38 bits per heavy atom. The maximum absolute atomic E-state index is 12.5. The predicted molar refractivity (Wildman–Crippen MR) is 72.5 cm³/mol. The van der Waals surface area contributed by atoms with Crippen molar-refractivity contribution in [3.05, 3.63) is 46.8 Å². The van der Waals surface area contributed by atoms with Crippen LogP contribution in [0.1, 0.15) is 6.42 Å². The summed E-state index contributed by atoms with van der Waals surface area (Å²) in [6.45, 7) is 0. The largest absolute Gasteiger partial charge is 0.515 e. The standard InChI is InChI=1S/C16H12O5/c1-2-8-3-4-9-11(5-8)15(19)12(7-17)10-6-13(18)21-16(20)14(9)10/h1,3-5,7,9,11,13,17-18H,6H2. The molecule has 3 rings (SSSR count). The highest BCUT2D eigenvalue weighted by atomic mass is 16.6. The topological polar surface area (TPSA) is 83.8 Å². The van der Waals surface area contributed by atoms with Crippen LogP contribution in [0, 0.1) is 24.2 Å². The lowest BCUT2D eigenvalue weighted by atomic mass is 9.68. The zero-order valence-corrected chi connectivity index (χ0v) is 10.9. The van der Waals surface area contributed by atoms with E-state index < -0.39 is 24.1 Å². The predicted octanol–water partition coefficient (Wildman–Crippen LogP) is 0.935. The summed E-state index contributed by atoms with van der Waals surface area (Å²) >= 11 is 0. The molecule has 3 unspecified atom stereocenters. The van der Waals surface area contributed by atoms with Gasteiger partial charge in [0.05, 0.1) is 17.8 Å². The molecule has 0 fully saturated rings. The summed E-state index contributed by atoms with van der Waals surface area (Å²) in [4.78, 5) is 24.5. The molecule has 2 aliphatic carbocycles. The number of aliphatic hydroxyl groups excluding tert-OH is 2. The fraction of sp³-hybridized carbons (Fsp3) is 0.250. The van der Waals surface area contributed by atoms with E-state index in [0.717, 1.165) is 0 Å². The molecule has 0 radical (unpaired) electrons. The van der Waals surface area contributed by atoms with Crippen LogP contribution >= 0.6 is 0 Å². The van der Waals surface area contributed by atoms with Gasteiger partial charge in [-0.2, -0.15) is 0 Å². The molecular weight excluding hydrogens is 272 g/mol. The first-order valence-electron chi connectivity index (χ1n) is 6.44. The maximum atomic E-state index is 12.5. The van der Waals surface area contributed by atoms with Crippen molar-refractivity contribution >= 4 is 11.8 Å². The second-order valence-corrected chi connectivity index (χ2v) is 5.04. The number of esters is 1. The van der Waals surface area contributed by atoms with E-state index in [1.165, 1.54) is 0 Å². The van der Waals surface area contributed by atoms with Crippen LogP contribution in [0.15, 0.2) is 46.8 Å². The van der Waals surface area contributed by atoms with Crippen molar-refractivity contribution in [3.63, 3.8) is 0 Å². The monoisotopic (exact) mass is 284 g/mol. The average Bonchev–Trinajstić information content (AvgIpc) is 2.46. The van der Waals surface area contributed by atoms with Crippen LogP contribution in [0.4, 0.5) is 0 Å². The molecule has 5 nitrogen and oxygen atoms in total. The lowest BCUT2D eigenvalue weighted by Gasteiger charge is -2.36. The first-order valence-corrected chi connectivity index (χ1v) is 6.44. The first-order chi connectivity index (χ1) is 10.1. The second-order valence-electron chi connectivity index (χ2n) is 5.04. The van der Waals surface area contributed by atoms with Gasteiger partial charge >= 0.3 is 5.97 Å². The van der Waals surface area contributed by atoms with Crippen molar-refractivity contribution in [2.45, 2.75) is 12.7 Å². The number of aliphatic hydroxyl groups is 2. The van der Waals surface area contributed by atoms with Gasteiger partial charge in [-0.15, -0.1) is 6.42 Å². The lowest BCUT2D eigenvalue weighted by Crippen LogP contribution is -2.40. The Morgan fingerprint density at radius 3 is 2.81 bits per heavy atom. The number of allylic oxidation sites excluding steroid dienone is 5. The third-order valence-corrected chi connectivity index (χ3v) is 3.92. The molecule has 106 valence electrons. The molecule has 0 aromatic carbocycles. The van der Waals surface area contributed by atoms with Gasteiger partial charge in [-0.3, -0.25) is 4.79 Å². The summed E-state index contributed by atoms with van der Waals surface area (Å²) in [5.41, 5.74) is 1.23. The van der Waals surface area contributed by atoms with Crippen molar-refractivity contribution in [2.75, 3.05) is 0 Å². The van der Waals surface area contributed by atoms with Crippen molar-refractivity contribution in [2.24, 2.45) is 11.8 Å². The Labute approximate surface area is 120 Å². The van der Waals surface area contributed by atoms with Crippen molar-refractivity contribution in [1.82, 2.24) is 0 Å². The number of cyclic esters (lactones) is 1. The maximum Gasteiger partial charge on any atom is 0.337 e. The number of rotatable bonds is 0. The Kier molecular flexibility index (Phi) is 3.04. The smallest absolute Gasteiger partial charge is 0.337 e. The number of hydrogen-bond acceptors (Lipinski definition) is 5. The number of carbonyl (C=O) groups is 2. The number of terminal acetylenes is 1. The van der Waals surface area contributed by atoms with Gasteiger partial charge in [0, 0.05) is 23.5 Å². The molecule has 0 aromatic heterocycles. The van der Waals surface area contributed by atoms with Crippen molar-refractivity contribution in [1.29, 1.82) is 0 Å². The van der Waals surface area contributed by atoms with Gasteiger partial charge < -0.3 is 14.9 Å². The van der Waals surface area contributed by atoms with Crippen LogP contribution < -0.4 is 0 Å². The summed E-state index contributed by atoms with van der Waals surface area (Å²) in [5.74, 6) is 0.340. The third-order valence-electron chi connectivity index (χ3n) is 3.92. The molecule has 3 aliphatic rings. The average molecular weight is 284 g/mol. The molecule has 0 spiro atoms. The molecule has 2 N–H and O–H groups in total. The Morgan fingerprint density at radius 2 is 2.14 bits per heavy atom. The van der Waals surface area contributed by atoms with E-state index in [9.17, 15) is 19.8 Å². The third kappa shape index (κ3) is 1.92. The van der Waals surface area contributed by atoms with E-state index >= 15 is 0 Å². The summed E-state index contributed by atoms with van der Waals surface area (Å²) in [6.07, 6.45) is 9.67. The van der Waals surface area contributed by atoms with Gasteiger partial charge in [-0.1, -0.05) is 24.1 Å². The molecule has 0 amide bonds. The SMILES string of the molecule is C#CC1=CC2C(=O)C(=CO)C3=C(C(=O)OC(O)C3)C2C=C1. The van der Waals surface area contributed by atoms with E-state index in [1.807, 2.05) is 0 Å². The van der Waals surface area contributed by atoms with E-state index in [2.05, 4.69) is 5.92 Å². The van der Waals surface area contributed by atoms with Crippen molar-refractivity contribution < 1.29 is 24.5 Å². The molecular formula is C16H12O5. The van der Waals surface area contributed by atoms with Gasteiger partial charge in [0.1, 0.15) is 0 Å². The first kappa shape index (κ1) is 13.4. The van der Waals surface area contributed by atoms with Crippen LogP contribution in [0.3, 0.4) is 0 Å². The normalized spacial score (nSPS) is 33.0. The summed E-state index contributed by atoms with van der Waals surface area (Å²) in [7, 11) is 0. The zero-order chi connectivity index (χ0) is 15.1. The van der Waals surface area contributed by atoms with E-state index in [4.69, 9.17) is 11.2 Å². The molecule has 0 saturated heterocycles. The van der Waals surface area contributed by atoms with E-state index in [0.29, 0.717) is 23.0 Å². The van der Waals surface area contributed by atoms with Gasteiger partial charge in [0.15, 0.2) is 5.78 Å². The highest BCUT2D eigenvalue weighted by Gasteiger charge is 2.45. The minimum Gasteiger partial charge on any atom is -0.515 e. The lowest BCUT2D eigenvalue weighted by molar-refractivity contribution is -0.166. The summed E-state index contributed by atoms with van der Waals surface area (Å²) in [6, 6.07) is 0. The van der Waals surface area contributed by atoms with Gasteiger partial charge in [0.25, 0.3) is 0 Å². The molecule has 0 saturated carbocycles. The van der Waals surface area contributed by atoms with Crippen LogP contribution in [-0.2, 0) is 14.3 Å². The number of hydrogen-bond donors (Lipinski definition) is 2. The summed E-state index contributed by atoms with van der Waals surface area (Å²) in [5, 5.41) is 18.9. The van der Waals surface area contributed by atoms with E-state index in [-0.39, 0.29) is 17.8 Å². The molecule has 21 heavy (non-hydrogen) atoms. The Bertz CT molecular complexity index is 699. The molecule has 0 bridgehead atoms. The number of carbonyl (C=O) groups excluding carboxylic acids is 2. The van der Waals surface area contributed by atoms with Gasteiger partial charge in [-0.05, 0) is 5.57 Å². The van der Waals surface area contributed by atoms with Crippen LogP contribution in [-0.4, -0.2) is 28.3 Å². The van der Waals surface area contributed by atoms with Crippen LogP contribution in [0.2, 0.25) is 0 Å². The molecule has 3 atom stereocenters. The fourth-order valence-corrected chi connectivity index (χ4v) is 2.99. The number of ether oxygens (including phenoxy) is 1. The minimum absolute atomic E-state index is 0.0119. The van der Waals surface area contributed by atoms with Gasteiger partial charge in [0.2, 0.25) is 6.29 Å². The fourth-order valence-electron chi connectivity index (χ4n) is 2.99. The summed E-state index contributed by atoms with van der Waals surface area (Å²) < 4.78 is 4.83. The highest BCUT2D eigenvalue weighted by Crippen LogP contribution is 2.43. The van der Waals surface area contributed by atoms with Gasteiger partial charge in [-0.25, -0.2) is 4.79 Å². The highest BCUT2D eigenvalue weighted by molar-refractivity contribution is 6.09. The molecule has 5 heteroatoms. The molecule has 1 heterocycles. The van der Waals surface area contributed by atoms with Crippen molar-refractivity contribution in [3.8, 4) is 12.3 Å².